The Hall–Kier alpha value is -1.61. The van der Waals surface area contributed by atoms with Crippen LogP contribution in [0.25, 0.3) is 5.65 Å². The maximum Gasteiger partial charge on any atom is 0.435 e. The minimum absolute atomic E-state index is 0.0864. The molecule has 0 spiro atoms. The molecule has 4 nitrogen and oxygen atoms in total. The second kappa shape index (κ2) is 7.33. The highest BCUT2D eigenvalue weighted by atomic mass is 35.5. The van der Waals surface area contributed by atoms with Gasteiger partial charge in [-0.3, -0.25) is 4.40 Å². The van der Waals surface area contributed by atoms with E-state index in [1.165, 1.54) is 0 Å². The van der Waals surface area contributed by atoms with Crippen molar-refractivity contribution in [1.82, 2.24) is 9.38 Å². The fraction of sp³-hybridized carbons (Fsp3) is 0.529. The molecule has 1 fully saturated rings. The van der Waals surface area contributed by atoms with Crippen molar-refractivity contribution < 1.29 is 31.5 Å². The maximum atomic E-state index is 13.6. The average Bonchev–Trinajstić information content (AvgIpc) is 2.98. The molecule has 2 heterocycles. The van der Waals surface area contributed by atoms with Crippen molar-refractivity contribution in [3.8, 4) is 0 Å². The van der Waals surface area contributed by atoms with E-state index in [9.17, 15) is 26.7 Å². The molecule has 1 aliphatic carbocycles. The van der Waals surface area contributed by atoms with E-state index in [0.717, 1.165) is 17.6 Å². The fourth-order valence-corrected chi connectivity index (χ4v) is 3.95. The summed E-state index contributed by atoms with van der Waals surface area (Å²) in [5, 5.41) is -0.595. The van der Waals surface area contributed by atoms with E-state index in [4.69, 9.17) is 23.2 Å². The van der Waals surface area contributed by atoms with Gasteiger partial charge in [-0.15, -0.1) is 0 Å². The molecule has 0 amide bonds. The molecule has 0 radical (unpaired) electrons. The summed E-state index contributed by atoms with van der Waals surface area (Å²) in [6.07, 6.45) is -5.51. The normalized spacial score (nSPS) is 17.9. The molecule has 0 aromatic carbocycles. The summed E-state index contributed by atoms with van der Waals surface area (Å²) in [7, 11) is 1.09. The molecule has 1 aliphatic rings. The van der Waals surface area contributed by atoms with Crippen LogP contribution in [0.4, 0.5) is 22.0 Å². The molecule has 0 aliphatic heterocycles. The Morgan fingerprint density at radius 3 is 2.46 bits per heavy atom. The number of ether oxygens (including phenoxy) is 1. The number of esters is 1. The van der Waals surface area contributed by atoms with Crippen LogP contribution in [0.3, 0.4) is 0 Å². The van der Waals surface area contributed by atoms with Crippen molar-refractivity contribution >= 4 is 34.8 Å². The van der Waals surface area contributed by atoms with Gasteiger partial charge in [-0.2, -0.15) is 13.2 Å². The lowest BCUT2D eigenvalue weighted by molar-refractivity contribution is -0.141. The van der Waals surface area contributed by atoms with Crippen molar-refractivity contribution in [2.45, 2.75) is 44.2 Å². The van der Waals surface area contributed by atoms with Crippen LogP contribution in [-0.4, -0.2) is 28.4 Å². The molecule has 28 heavy (non-hydrogen) atoms. The van der Waals surface area contributed by atoms with Crippen LogP contribution >= 0.6 is 23.2 Å². The number of hydrogen-bond donors (Lipinski definition) is 0. The lowest BCUT2D eigenvalue weighted by Gasteiger charge is -2.28. The van der Waals surface area contributed by atoms with Crippen LogP contribution in [0.2, 0.25) is 10.2 Å². The van der Waals surface area contributed by atoms with Gasteiger partial charge in [0.1, 0.15) is 10.8 Å². The Kier molecular flexibility index (Phi) is 5.53. The predicted octanol–water partition coefficient (Wildman–Crippen LogP) is 5.81. The van der Waals surface area contributed by atoms with Crippen molar-refractivity contribution in [2.75, 3.05) is 7.11 Å². The monoisotopic (exact) mass is 444 g/mol. The largest absolute Gasteiger partial charge is 0.465 e. The summed E-state index contributed by atoms with van der Waals surface area (Å²) in [6.45, 7) is 0. The number of rotatable bonds is 3. The van der Waals surface area contributed by atoms with Crippen LogP contribution in [0, 0.1) is 5.92 Å². The Balaban J connectivity index is 2.12. The third-order valence-electron chi connectivity index (χ3n) is 4.88. The van der Waals surface area contributed by atoms with Crippen LogP contribution in [0.15, 0.2) is 6.07 Å². The Morgan fingerprint density at radius 2 is 1.93 bits per heavy atom. The first kappa shape index (κ1) is 21.1. The van der Waals surface area contributed by atoms with Crippen molar-refractivity contribution in [2.24, 2.45) is 5.92 Å². The molecule has 0 saturated heterocycles. The number of nitrogens with zero attached hydrogens (tertiary/aromatic N) is 2. The number of hydrogen-bond acceptors (Lipinski definition) is 3. The molecular formula is C17H15Cl2F5N2O2. The van der Waals surface area contributed by atoms with Gasteiger partial charge >= 0.3 is 12.1 Å². The van der Waals surface area contributed by atoms with E-state index >= 15 is 0 Å². The van der Waals surface area contributed by atoms with E-state index < -0.39 is 23.8 Å². The summed E-state index contributed by atoms with van der Waals surface area (Å²) < 4.78 is 73.0. The SMILES string of the molecule is COC(=O)c1cc2nc(C(F)(F)F)c(CC3CCC(F)(F)CC3)n2c(Cl)c1Cl. The summed E-state index contributed by atoms with van der Waals surface area (Å²) in [6, 6.07) is 1.06. The van der Waals surface area contributed by atoms with Gasteiger partial charge in [0, 0.05) is 12.8 Å². The summed E-state index contributed by atoms with van der Waals surface area (Å²) >= 11 is 12.2. The average molecular weight is 445 g/mol. The van der Waals surface area contributed by atoms with Crippen LogP contribution in [0.5, 0.6) is 0 Å². The second-order valence-corrected chi connectivity index (χ2v) is 7.49. The standard InChI is InChI=1S/C17H15Cl2F5N2O2/c1-28-15(27)9-7-11-25-13(17(22,23)24)10(26(11)14(19)12(9)18)6-8-2-4-16(20,21)5-3-8/h7-8H,2-6H2,1H3. The van der Waals surface area contributed by atoms with Gasteiger partial charge in [-0.05, 0) is 31.2 Å². The Labute approximate surface area is 166 Å². The molecule has 11 heteroatoms. The third-order valence-corrected chi connectivity index (χ3v) is 5.72. The Bertz CT molecular complexity index is 917. The molecule has 3 rings (SSSR count). The van der Waals surface area contributed by atoms with Crippen LogP contribution in [0.1, 0.15) is 47.4 Å². The van der Waals surface area contributed by atoms with Gasteiger partial charge in [-0.25, -0.2) is 18.6 Å². The first-order valence-electron chi connectivity index (χ1n) is 8.37. The van der Waals surface area contributed by atoms with Gasteiger partial charge in [-0.1, -0.05) is 23.2 Å². The molecule has 2 aromatic rings. The van der Waals surface area contributed by atoms with Crippen LogP contribution < -0.4 is 0 Å². The van der Waals surface area contributed by atoms with E-state index in [1.807, 2.05) is 0 Å². The summed E-state index contributed by atoms with van der Waals surface area (Å²) in [5.74, 6) is -4.04. The maximum absolute atomic E-state index is 13.6. The zero-order chi connectivity index (χ0) is 20.9. The molecule has 0 N–H and O–H groups in total. The number of halogens is 7. The lowest BCUT2D eigenvalue weighted by atomic mass is 9.83. The highest BCUT2D eigenvalue weighted by molar-refractivity contribution is 6.43. The van der Waals surface area contributed by atoms with Crippen LogP contribution in [-0.2, 0) is 17.3 Å². The topological polar surface area (TPSA) is 43.6 Å². The molecular weight excluding hydrogens is 430 g/mol. The first-order valence-corrected chi connectivity index (χ1v) is 9.13. The molecule has 2 aromatic heterocycles. The molecule has 154 valence electrons. The molecule has 0 atom stereocenters. The van der Waals surface area contributed by atoms with Crippen molar-refractivity contribution in [3.63, 3.8) is 0 Å². The highest BCUT2D eigenvalue weighted by Gasteiger charge is 2.41. The Morgan fingerprint density at radius 1 is 1.32 bits per heavy atom. The van der Waals surface area contributed by atoms with E-state index in [0.29, 0.717) is 0 Å². The number of imidazole rings is 1. The van der Waals surface area contributed by atoms with E-state index in [1.54, 1.807) is 0 Å². The minimum Gasteiger partial charge on any atom is -0.465 e. The number of fused-ring (bicyclic) bond motifs is 1. The quantitative estimate of drug-likeness (QED) is 0.340. The molecule has 0 bridgehead atoms. The lowest BCUT2D eigenvalue weighted by Crippen LogP contribution is -2.26. The smallest absolute Gasteiger partial charge is 0.435 e. The minimum atomic E-state index is -4.79. The highest BCUT2D eigenvalue weighted by Crippen LogP contribution is 2.41. The first-order chi connectivity index (χ1) is 12.9. The van der Waals surface area contributed by atoms with Gasteiger partial charge in [0.2, 0.25) is 5.92 Å². The van der Waals surface area contributed by atoms with E-state index in [2.05, 4.69) is 9.72 Å². The molecule has 0 unspecified atom stereocenters. The zero-order valence-electron chi connectivity index (χ0n) is 14.5. The van der Waals surface area contributed by atoms with Gasteiger partial charge in [0.25, 0.3) is 0 Å². The van der Waals surface area contributed by atoms with Gasteiger partial charge in [0.15, 0.2) is 5.69 Å². The van der Waals surface area contributed by atoms with Gasteiger partial charge in [0.05, 0.1) is 23.4 Å². The number of carbonyl (C=O) groups excluding carboxylic acids is 1. The third kappa shape index (κ3) is 3.91. The summed E-state index contributed by atoms with van der Waals surface area (Å²) in [5.41, 5.74) is -1.88. The number of methoxy groups -OCH3 is 1. The fourth-order valence-electron chi connectivity index (χ4n) is 3.44. The molecule has 1 saturated carbocycles. The van der Waals surface area contributed by atoms with Gasteiger partial charge < -0.3 is 4.74 Å². The van der Waals surface area contributed by atoms with Crippen molar-refractivity contribution in [1.29, 1.82) is 0 Å². The van der Waals surface area contributed by atoms with E-state index in [-0.39, 0.29) is 65.1 Å². The number of carbonyl (C=O) groups is 1. The number of aromatic nitrogens is 2. The summed E-state index contributed by atoms with van der Waals surface area (Å²) in [4.78, 5) is 15.4. The van der Waals surface area contributed by atoms with Crippen molar-refractivity contribution in [3.05, 3.63) is 33.2 Å². The second-order valence-electron chi connectivity index (χ2n) is 6.76. The predicted molar refractivity (Wildman–Crippen MR) is 92.2 cm³/mol. The number of alkyl halides is 5. The zero-order valence-corrected chi connectivity index (χ0v) is 16.1. The number of pyridine rings is 1.